The van der Waals surface area contributed by atoms with Crippen LogP contribution < -0.4 is 5.32 Å². The highest BCUT2D eigenvalue weighted by Crippen LogP contribution is 2.12. The standard InChI is InChI=1S/C14H18N2O/c1-11-7-6-8-13(12(11)2)14(17)16-10-5-3-4-9-15/h6-8H,3-5,10H2,1-2H3,(H,16,17). The first-order valence-electron chi connectivity index (χ1n) is 5.88. The highest BCUT2D eigenvalue weighted by molar-refractivity contribution is 5.95. The first kappa shape index (κ1) is 13.2. The molecule has 0 fully saturated rings. The van der Waals surface area contributed by atoms with Gasteiger partial charge in [0.05, 0.1) is 6.07 Å². The Labute approximate surface area is 102 Å². The summed E-state index contributed by atoms with van der Waals surface area (Å²) in [6.45, 7) is 4.59. The lowest BCUT2D eigenvalue weighted by Gasteiger charge is -2.09. The maximum atomic E-state index is 11.9. The second kappa shape index (κ2) is 6.70. The molecule has 1 amide bonds. The van der Waals surface area contributed by atoms with Crippen LogP contribution in [0.5, 0.6) is 0 Å². The minimum atomic E-state index is -0.0249. The van der Waals surface area contributed by atoms with Gasteiger partial charge in [0.1, 0.15) is 0 Å². The van der Waals surface area contributed by atoms with Gasteiger partial charge in [-0.2, -0.15) is 5.26 Å². The molecule has 3 nitrogen and oxygen atoms in total. The number of rotatable bonds is 5. The highest BCUT2D eigenvalue weighted by Gasteiger charge is 2.08. The smallest absolute Gasteiger partial charge is 0.251 e. The quantitative estimate of drug-likeness (QED) is 0.791. The Kier molecular flexibility index (Phi) is 5.22. The lowest BCUT2D eigenvalue weighted by Crippen LogP contribution is -2.25. The molecule has 0 aromatic heterocycles. The van der Waals surface area contributed by atoms with Gasteiger partial charge < -0.3 is 5.32 Å². The zero-order valence-electron chi connectivity index (χ0n) is 10.4. The third-order valence-corrected chi connectivity index (χ3v) is 2.85. The Hall–Kier alpha value is -1.82. The van der Waals surface area contributed by atoms with Crippen LogP contribution in [0.1, 0.15) is 40.7 Å². The molecule has 0 bridgehead atoms. The number of nitrogens with zero attached hydrogens (tertiary/aromatic N) is 1. The molecule has 0 spiro atoms. The molecule has 0 aliphatic carbocycles. The Balaban J connectivity index is 2.48. The summed E-state index contributed by atoms with van der Waals surface area (Å²) in [5.74, 6) is -0.0249. The van der Waals surface area contributed by atoms with Crippen molar-refractivity contribution in [3.63, 3.8) is 0 Å². The summed E-state index contributed by atoms with van der Waals surface area (Å²) in [5.41, 5.74) is 2.90. The number of nitriles is 1. The molecule has 0 atom stereocenters. The fourth-order valence-corrected chi connectivity index (χ4v) is 1.62. The molecule has 1 rings (SSSR count). The number of carbonyl (C=O) groups excluding carboxylic acids is 1. The summed E-state index contributed by atoms with van der Waals surface area (Å²) >= 11 is 0. The number of amides is 1. The topological polar surface area (TPSA) is 52.9 Å². The molecule has 0 saturated carbocycles. The molecule has 1 aromatic carbocycles. The van der Waals surface area contributed by atoms with Crippen LogP contribution in [0.4, 0.5) is 0 Å². The summed E-state index contributed by atoms with van der Waals surface area (Å²) in [6.07, 6.45) is 2.24. The zero-order valence-corrected chi connectivity index (χ0v) is 10.4. The van der Waals surface area contributed by atoms with Gasteiger partial charge in [0.2, 0.25) is 0 Å². The van der Waals surface area contributed by atoms with Crippen molar-refractivity contribution in [2.45, 2.75) is 33.1 Å². The van der Waals surface area contributed by atoms with Crippen LogP contribution in [0.2, 0.25) is 0 Å². The average molecular weight is 230 g/mol. The van der Waals surface area contributed by atoms with Gasteiger partial charge in [0.15, 0.2) is 0 Å². The van der Waals surface area contributed by atoms with Crippen molar-refractivity contribution >= 4 is 5.91 Å². The van der Waals surface area contributed by atoms with Crippen molar-refractivity contribution in [2.75, 3.05) is 6.54 Å². The summed E-state index contributed by atoms with van der Waals surface area (Å²) in [4.78, 5) is 11.9. The van der Waals surface area contributed by atoms with E-state index in [9.17, 15) is 4.79 Å². The predicted molar refractivity (Wildman–Crippen MR) is 67.7 cm³/mol. The molecular formula is C14H18N2O. The van der Waals surface area contributed by atoms with E-state index in [1.165, 1.54) is 0 Å². The molecule has 0 heterocycles. The van der Waals surface area contributed by atoms with Crippen molar-refractivity contribution in [3.05, 3.63) is 34.9 Å². The number of carbonyl (C=O) groups is 1. The molecule has 0 unspecified atom stereocenters. The maximum Gasteiger partial charge on any atom is 0.251 e. The zero-order chi connectivity index (χ0) is 12.7. The molecule has 0 aliphatic rings. The first-order valence-corrected chi connectivity index (χ1v) is 5.88. The molecule has 90 valence electrons. The van der Waals surface area contributed by atoms with Crippen molar-refractivity contribution in [2.24, 2.45) is 0 Å². The van der Waals surface area contributed by atoms with Gasteiger partial charge in [-0.1, -0.05) is 12.1 Å². The number of benzene rings is 1. The summed E-state index contributed by atoms with van der Waals surface area (Å²) in [6, 6.07) is 7.83. The minimum Gasteiger partial charge on any atom is -0.352 e. The van der Waals surface area contributed by atoms with Crippen LogP contribution in [-0.4, -0.2) is 12.5 Å². The number of nitrogens with one attached hydrogen (secondary N) is 1. The second-order valence-electron chi connectivity index (χ2n) is 4.12. The van der Waals surface area contributed by atoms with Crippen LogP contribution in [0, 0.1) is 25.2 Å². The normalized spacial score (nSPS) is 9.71. The fraction of sp³-hybridized carbons (Fsp3) is 0.429. The van der Waals surface area contributed by atoms with Crippen LogP contribution in [0.25, 0.3) is 0 Å². The molecule has 3 heteroatoms. The monoisotopic (exact) mass is 230 g/mol. The summed E-state index contributed by atoms with van der Waals surface area (Å²) < 4.78 is 0. The molecular weight excluding hydrogens is 212 g/mol. The van der Waals surface area contributed by atoms with E-state index in [1.54, 1.807) is 0 Å². The molecule has 17 heavy (non-hydrogen) atoms. The van der Waals surface area contributed by atoms with E-state index in [0.29, 0.717) is 13.0 Å². The van der Waals surface area contributed by atoms with E-state index in [4.69, 9.17) is 5.26 Å². The van der Waals surface area contributed by atoms with E-state index in [2.05, 4.69) is 11.4 Å². The minimum absolute atomic E-state index is 0.0249. The molecule has 1 N–H and O–H groups in total. The Morgan fingerprint density at radius 3 is 2.82 bits per heavy atom. The van der Waals surface area contributed by atoms with Gasteiger partial charge in [-0.15, -0.1) is 0 Å². The van der Waals surface area contributed by atoms with Crippen molar-refractivity contribution in [1.82, 2.24) is 5.32 Å². The van der Waals surface area contributed by atoms with Crippen LogP contribution >= 0.6 is 0 Å². The van der Waals surface area contributed by atoms with E-state index in [0.717, 1.165) is 29.5 Å². The summed E-state index contributed by atoms with van der Waals surface area (Å²) in [7, 11) is 0. The van der Waals surface area contributed by atoms with Gasteiger partial charge in [0.25, 0.3) is 5.91 Å². The predicted octanol–water partition coefficient (Wildman–Crippen LogP) is 2.73. The van der Waals surface area contributed by atoms with E-state index >= 15 is 0 Å². The van der Waals surface area contributed by atoms with Crippen molar-refractivity contribution in [1.29, 1.82) is 5.26 Å². The number of hydrogen-bond acceptors (Lipinski definition) is 2. The average Bonchev–Trinajstić information content (AvgIpc) is 2.32. The number of unbranched alkanes of at least 4 members (excludes halogenated alkanes) is 2. The van der Waals surface area contributed by atoms with Gasteiger partial charge in [0, 0.05) is 18.5 Å². The SMILES string of the molecule is Cc1cccc(C(=O)NCCCCC#N)c1C. The highest BCUT2D eigenvalue weighted by atomic mass is 16.1. The van der Waals surface area contributed by atoms with E-state index in [1.807, 2.05) is 32.0 Å². The van der Waals surface area contributed by atoms with Crippen molar-refractivity contribution in [3.8, 4) is 6.07 Å². The molecule has 1 aromatic rings. The molecule has 0 saturated heterocycles. The summed E-state index contributed by atoms with van der Waals surface area (Å²) in [5, 5.41) is 11.3. The van der Waals surface area contributed by atoms with Crippen LogP contribution in [0.15, 0.2) is 18.2 Å². The van der Waals surface area contributed by atoms with Gasteiger partial charge in [-0.3, -0.25) is 4.79 Å². The molecule has 0 aliphatic heterocycles. The van der Waals surface area contributed by atoms with Crippen LogP contribution in [0.3, 0.4) is 0 Å². The van der Waals surface area contributed by atoms with Gasteiger partial charge in [-0.25, -0.2) is 0 Å². The third kappa shape index (κ3) is 3.92. The lowest BCUT2D eigenvalue weighted by atomic mass is 10.0. The number of hydrogen-bond donors (Lipinski definition) is 1. The largest absolute Gasteiger partial charge is 0.352 e. The lowest BCUT2D eigenvalue weighted by molar-refractivity contribution is 0.0952. The maximum absolute atomic E-state index is 11.9. The van der Waals surface area contributed by atoms with Crippen LogP contribution in [-0.2, 0) is 0 Å². The Bertz CT molecular complexity index is 432. The Morgan fingerprint density at radius 2 is 2.12 bits per heavy atom. The molecule has 0 radical (unpaired) electrons. The number of aryl methyl sites for hydroxylation is 1. The van der Waals surface area contributed by atoms with E-state index in [-0.39, 0.29) is 5.91 Å². The van der Waals surface area contributed by atoms with Gasteiger partial charge in [-0.05, 0) is 43.9 Å². The van der Waals surface area contributed by atoms with Gasteiger partial charge >= 0.3 is 0 Å². The Morgan fingerprint density at radius 1 is 1.35 bits per heavy atom. The second-order valence-corrected chi connectivity index (χ2v) is 4.12. The van der Waals surface area contributed by atoms with E-state index < -0.39 is 0 Å². The fourth-order valence-electron chi connectivity index (χ4n) is 1.62. The first-order chi connectivity index (χ1) is 8.16. The van der Waals surface area contributed by atoms with Crippen molar-refractivity contribution < 1.29 is 4.79 Å². The third-order valence-electron chi connectivity index (χ3n) is 2.85.